The molecule has 2 aromatic rings. The number of hydrogen-bond acceptors (Lipinski definition) is 3. The van der Waals surface area contributed by atoms with E-state index in [1.807, 2.05) is 6.07 Å². The molecule has 0 aliphatic carbocycles. The lowest BCUT2D eigenvalue weighted by molar-refractivity contribution is 0.101. The maximum atomic E-state index is 11.6. The first-order chi connectivity index (χ1) is 9.10. The predicted octanol–water partition coefficient (Wildman–Crippen LogP) is 4.32. The van der Waals surface area contributed by atoms with E-state index in [9.17, 15) is 4.79 Å². The lowest BCUT2D eigenvalue weighted by Crippen LogP contribution is -1.97. The molecule has 0 saturated carbocycles. The van der Waals surface area contributed by atoms with Crippen molar-refractivity contribution in [3.05, 3.63) is 58.1 Å². The average molecular weight is 316 g/mol. The summed E-state index contributed by atoms with van der Waals surface area (Å²) >= 11 is 3.32. The minimum atomic E-state index is -0.0762. The first kappa shape index (κ1) is 13.3. The van der Waals surface area contributed by atoms with Crippen LogP contribution in [-0.2, 0) is 0 Å². The highest BCUT2D eigenvalue weighted by atomic mass is 79.9. The molecule has 0 aromatic heterocycles. The van der Waals surface area contributed by atoms with Gasteiger partial charge in [-0.15, -0.1) is 0 Å². The molecule has 0 amide bonds. The molecule has 0 aliphatic rings. The van der Waals surface area contributed by atoms with Crippen LogP contribution in [0.3, 0.4) is 0 Å². The van der Waals surface area contributed by atoms with Gasteiger partial charge >= 0.3 is 0 Å². The van der Waals surface area contributed by atoms with Gasteiger partial charge in [-0.25, -0.2) is 0 Å². The van der Waals surface area contributed by atoms with E-state index in [2.05, 4.69) is 15.9 Å². The molecule has 0 radical (unpaired) electrons. The van der Waals surface area contributed by atoms with Gasteiger partial charge in [-0.3, -0.25) is 4.79 Å². The van der Waals surface area contributed by atoms with Crippen LogP contribution in [0.15, 0.2) is 46.9 Å². The van der Waals surface area contributed by atoms with Crippen LogP contribution in [0, 0.1) is 11.3 Å². The summed E-state index contributed by atoms with van der Waals surface area (Å²) in [6.07, 6.45) is 0. The van der Waals surface area contributed by atoms with Gasteiger partial charge < -0.3 is 4.74 Å². The minimum Gasteiger partial charge on any atom is -0.457 e. The Hall–Kier alpha value is -2.12. The molecular weight excluding hydrogens is 306 g/mol. The van der Waals surface area contributed by atoms with Gasteiger partial charge in [-0.05, 0) is 43.3 Å². The Balaban J connectivity index is 2.38. The van der Waals surface area contributed by atoms with Gasteiger partial charge in [0.2, 0.25) is 0 Å². The number of benzene rings is 2. The zero-order chi connectivity index (χ0) is 13.8. The number of ether oxygens (including phenoxy) is 1. The van der Waals surface area contributed by atoms with Crippen LogP contribution in [-0.4, -0.2) is 5.78 Å². The first-order valence-corrected chi connectivity index (χ1v) is 6.38. The van der Waals surface area contributed by atoms with E-state index >= 15 is 0 Å². The Morgan fingerprint density at radius 3 is 2.74 bits per heavy atom. The van der Waals surface area contributed by atoms with E-state index in [1.165, 1.54) is 6.92 Å². The van der Waals surface area contributed by atoms with Gasteiger partial charge in [0.1, 0.15) is 11.5 Å². The van der Waals surface area contributed by atoms with E-state index in [-0.39, 0.29) is 5.78 Å². The summed E-state index contributed by atoms with van der Waals surface area (Å²) < 4.78 is 6.49. The lowest BCUT2D eigenvalue weighted by atomic mass is 10.1. The van der Waals surface area contributed by atoms with Crippen LogP contribution >= 0.6 is 15.9 Å². The predicted molar refractivity (Wildman–Crippen MR) is 75.4 cm³/mol. The second-order valence-corrected chi connectivity index (χ2v) is 4.85. The number of hydrogen-bond donors (Lipinski definition) is 0. The summed E-state index contributed by atoms with van der Waals surface area (Å²) in [7, 11) is 0. The molecule has 0 N–H and O–H groups in total. The standard InChI is InChI=1S/C15H10BrNO2/c1-10(18)14-8-12(16)5-6-15(14)19-13-4-2-3-11(7-13)9-17/h2-8H,1H3. The number of ketones is 1. The molecule has 19 heavy (non-hydrogen) atoms. The normalized spacial score (nSPS) is 9.74. The van der Waals surface area contributed by atoms with E-state index < -0.39 is 0 Å². The fourth-order valence-corrected chi connectivity index (χ4v) is 1.98. The van der Waals surface area contributed by atoms with Gasteiger partial charge in [0.25, 0.3) is 0 Å². The van der Waals surface area contributed by atoms with Gasteiger partial charge in [-0.2, -0.15) is 5.26 Å². The van der Waals surface area contributed by atoms with Crippen LogP contribution in [0.1, 0.15) is 22.8 Å². The fourth-order valence-electron chi connectivity index (χ4n) is 1.62. The molecule has 0 unspecified atom stereocenters. The van der Waals surface area contributed by atoms with E-state index in [0.717, 1.165) is 4.47 Å². The number of Topliss-reactive ketones (excluding diaryl/α,β-unsaturated/α-hetero) is 1. The van der Waals surface area contributed by atoms with Crippen molar-refractivity contribution in [1.29, 1.82) is 5.26 Å². The van der Waals surface area contributed by atoms with Crippen LogP contribution in [0.2, 0.25) is 0 Å². The molecule has 0 spiro atoms. The molecule has 2 rings (SSSR count). The summed E-state index contributed by atoms with van der Waals surface area (Å²) in [4.78, 5) is 11.6. The second kappa shape index (κ2) is 5.68. The summed E-state index contributed by atoms with van der Waals surface area (Å²) in [6, 6.07) is 14.1. The molecule has 4 heteroatoms. The maximum absolute atomic E-state index is 11.6. The number of rotatable bonds is 3. The van der Waals surface area contributed by atoms with Crippen molar-refractivity contribution in [1.82, 2.24) is 0 Å². The number of nitrogens with zero attached hydrogens (tertiary/aromatic N) is 1. The first-order valence-electron chi connectivity index (χ1n) is 5.58. The molecule has 0 bridgehead atoms. The largest absolute Gasteiger partial charge is 0.457 e. The van der Waals surface area contributed by atoms with Crippen molar-refractivity contribution in [2.45, 2.75) is 6.92 Å². The third-order valence-corrected chi connectivity index (χ3v) is 3.01. The highest BCUT2D eigenvalue weighted by molar-refractivity contribution is 9.10. The van der Waals surface area contributed by atoms with Crippen LogP contribution in [0.5, 0.6) is 11.5 Å². The molecule has 94 valence electrons. The van der Waals surface area contributed by atoms with Crippen molar-refractivity contribution >= 4 is 21.7 Å². The topological polar surface area (TPSA) is 50.1 Å². The maximum Gasteiger partial charge on any atom is 0.163 e. The van der Waals surface area contributed by atoms with Gasteiger partial charge in [0.15, 0.2) is 5.78 Å². The van der Waals surface area contributed by atoms with Crippen molar-refractivity contribution in [2.24, 2.45) is 0 Å². The highest BCUT2D eigenvalue weighted by Crippen LogP contribution is 2.28. The van der Waals surface area contributed by atoms with Gasteiger partial charge in [0.05, 0.1) is 17.2 Å². The van der Waals surface area contributed by atoms with Gasteiger partial charge in [0, 0.05) is 4.47 Å². The fraction of sp³-hybridized carbons (Fsp3) is 0.0667. The molecule has 0 heterocycles. The van der Waals surface area contributed by atoms with E-state index in [0.29, 0.717) is 22.6 Å². The Bertz CT molecular complexity index is 674. The highest BCUT2D eigenvalue weighted by Gasteiger charge is 2.10. The molecule has 0 atom stereocenters. The lowest BCUT2D eigenvalue weighted by Gasteiger charge is -2.10. The van der Waals surface area contributed by atoms with E-state index in [4.69, 9.17) is 10.00 Å². The van der Waals surface area contributed by atoms with Crippen molar-refractivity contribution < 1.29 is 9.53 Å². The molecule has 0 aliphatic heterocycles. The van der Waals surface area contributed by atoms with Gasteiger partial charge in [-0.1, -0.05) is 22.0 Å². The van der Waals surface area contributed by atoms with E-state index in [1.54, 1.807) is 42.5 Å². The Kier molecular flexibility index (Phi) is 3.98. The van der Waals surface area contributed by atoms with Crippen molar-refractivity contribution in [2.75, 3.05) is 0 Å². The summed E-state index contributed by atoms with van der Waals surface area (Å²) in [6.45, 7) is 1.49. The molecule has 2 aromatic carbocycles. The number of carbonyl (C=O) groups is 1. The second-order valence-electron chi connectivity index (χ2n) is 3.94. The Morgan fingerprint density at radius 1 is 1.26 bits per heavy atom. The third kappa shape index (κ3) is 3.21. The van der Waals surface area contributed by atoms with Crippen LogP contribution in [0.25, 0.3) is 0 Å². The Labute approximate surface area is 119 Å². The molecular formula is C15H10BrNO2. The number of carbonyl (C=O) groups excluding carboxylic acids is 1. The summed E-state index contributed by atoms with van der Waals surface area (Å²) in [5.41, 5.74) is 1.01. The Morgan fingerprint density at radius 2 is 2.05 bits per heavy atom. The monoisotopic (exact) mass is 315 g/mol. The molecule has 0 saturated heterocycles. The minimum absolute atomic E-state index is 0.0762. The van der Waals surface area contributed by atoms with Crippen molar-refractivity contribution in [3.8, 4) is 17.6 Å². The summed E-state index contributed by atoms with van der Waals surface area (Å²) in [5.74, 6) is 0.933. The quantitative estimate of drug-likeness (QED) is 0.793. The van der Waals surface area contributed by atoms with Crippen LogP contribution in [0.4, 0.5) is 0 Å². The molecule has 3 nitrogen and oxygen atoms in total. The SMILES string of the molecule is CC(=O)c1cc(Br)ccc1Oc1cccc(C#N)c1. The average Bonchev–Trinajstić information content (AvgIpc) is 2.41. The van der Waals surface area contributed by atoms with Crippen LogP contribution < -0.4 is 4.74 Å². The van der Waals surface area contributed by atoms with Crippen molar-refractivity contribution in [3.63, 3.8) is 0 Å². The number of nitriles is 1. The smallest absolute Gasteiger partial charge is 0.163 e. The zero-order valence-electron chi connectivity index (χ0n) is 10.2. The molecule has 0 fully saturated rings. The number of halogens is 1. The zero-order valence-corrected chi connectivity index (χ0v) is 11.8. The third-order valence-electron chi connectivity index (χ3n) is 2.51. The summed E-state index contributed by atoms with van der Waals surface area (Å²) in [5, 5.41) is 8.84.